The number of hydrogen-bond acceptors (Lipinski definition) is 5. The molecule has 0 bridgehead atoms. The zero-order valence-electron chi connectivity index (χ0n) is 15.7. The third kappa shape index (κ3) is 6.16. The van der Waals surface area contributed by atoms with Crippen LogP contribution in [0, 0.1) is 0 Å². The predicted molar refractivity (Wildman–Crippen MR) is 117 cm³/mol. The molecule has 30 heavy (non-hydrogen) atoms. The Morgan fingerprint density at radius 2 is 1.77 bits per heavy atom. The summed E-state index contributed by atoms with van der Waals surface area (Å²) in [5.41, 5.74) is -0.518. The molecule has 0 spiro atoms. The summed E-state index contributed by atoms with van der Waals surface area (Å²) in [4.78, 5) is 3.85. The lowest BCUT2D eigenvalue weighted by Crippen LogP contribution is -2.44. The lowest BCUT2D eigenvalue weighted by atomic mass is 9.94. The largest absolute Gasteiger partial charge is 0.382 e. The highest BCUT2D eigenvalue weighted by Gasteiger charge is 2.34. The van der Waals surface area contributed by atoms with Gasteiger partial charge in [0, 0.05) is 27.2 Å². The molecule has 11 heteroatoms. The van der Waals surface area contributed by atoms with Crippen molar-refractivity contribution in [3.8, 4) is 0 Å². The maximum absolute atomic E-state index is 12.6. The molecule has 2 aromatic carbocycles. The number of rotatable bonds is 9. The molecule has 0 saturated heterocycles. The van der Waals surface area contributed by atoms with Crippen molar-refractivity contribution in [1.82, 2.24) is 19.5 Å². The minimum atomic E-state index is -3.69. The van der Waals surface area contributed by atoms with Gasteiger partial charge in [-0.3, -0.25) is 0 Å². The Balaban J connectivity index is 1.76. The monoisotopic (exact) mass is 488 g/mol. The number of aliphatic hydroxyl groups is 1. The summed E-state index contributed by atoms with van der Waals surface area (Å²) in [5.74, 6) is -0.150. The normalized spacial score (nSPS) is 13.9. The van der Waals surface area contributed by atoms with Crippen molar-refractivity contribution in [2.75, 3.05) is 12.3 Å². The molecule has 0 aliphatic carbocycles. The van der Waals surface area contributed by atoms with Gasteiger partial charge in [-0.1, -0.05) is 53.0 Å². The van der Waals surface area contributed by atoms with Gasteiger partial charge in [0.05, 0.1) is 12.3 Å². The quantitative estimate of drug-likeness (QED) is 0.481. The Hall–Kier alpha value is -1.68. The molecule has 3 aromatic rings. The summed E-state index contributed by atoms with van der Waals surface area (Å²) in [6.45, 7) is -0.370. The van der Waals surface area contributed by atoms with Crippen LogP contribution in [0.15, 0.2) is 55.1 Å². The minimum absolute atomic E-state index is 0.0615. The Bertz CT molecular complexity index is 1090. The Morgan fingerprint density at radius 3 is 2.40 bits per heavy atom. The molecule has 1 unspecified atom stereocenters. The van der Waals surface area contributed by atoms with Gasteiger partial charge in [0.15, 0.2) is 0 Å². The summed E-state index contributed by atoms with van der Waals surface area (Å²) in [6, 6.07) is 11.6. The maximum Gasteiger partial charge on any atom is 0.212 e. The maximum atomic E-state index is 12.6. The fourth-order valence-corrected chi connectivity index (χ4v) is 4.71. The molecule has 0 saturated carbocycles. The summed E-state index contributed by atoms with van der Waals surface area (Å²) in [5, 5.41) is 16.5. The lowest BCUT2D eigenvalue weighted by Gasteiger charge is -2.29. The Kier molecular flexibility index (Phi) is 7.38. The third-order valence-corrected chi connectivity index (χ3v) is 6.61. The van der Waals surface area contributed by atoms with E-state index >= 15 is 0 Å². The number of sulfonamides is 1. The van der Waals surface area contributed by atoms with E-state index in [4.69, 9.17) is 34.8 Å². The van der Waals surface area contributed by atoms with Crippen molar-refractivity contribution in [1.29, 1.82) is 0 Å². The highest BCUT2D eigenvalue weighted by Crippen LogP contribution is 2.31. The number of aromatic nitrogens is 3. The van der Waals surface area contributed by atoms with E-state index in [-0.39, 0.29) is 23.9 Å². The number of aryl methyl sites for hydroxylation is 1. The molecule has 0 aliphatic rings. The van der Waals surface area contributed by atoms with Crippen LogP contribution in [0.4, 0.5) is 0 Å². The average molecular weight is 490 g/mol. The predicted octanol–water partition coefficient (Wildman–Crippen LogP) is 3.29. The second-order valence-electron chi connectivity index (χ2n) is 6.77. The number of hydrogen-bond donors (Lipinski definition) is 2. The van der Waals surface area contributed by atoms with Crippen molar-refractivity contribution in [2.45, 2.75) is 18.6 Å². The summed E-state index contributed by atoms with van der Waals surface area (Å²) in [7, 11) is -3.69. The van der Waals surface area contributed by atoms with E-state index < -0.39 is 15.6 Å². The summed E-state index contributed by atoms with van der Waals surface area (Å²) in [6.07, 6.45) is 3.04. The fraction of sp³-hybridized carbons (Fsp3) is 0.263. The van der Waals surface area contributed by atoms with Gasteiger partial charge in [-0.25, -0.2) is 22.8 Å². The molecule has 1 heterocycles. The standard InChI is InChI=1S/C19H19Cl3N4O3S/c20-15-3-1-14(2-4-15)7-8-30(28,29)25-10-19(27,11-26-13-23-12-24-26)17-6-5-16(21)9-18(17)22/h1-6,9,12-13,25,27H,7-8,10-11H2. The molecular formula is C19H19Cl3N4O3S. The number of benzene rings is 2. The van der Waals surface area contributed by atoms with Crippen LogP contribution in [0.25, 0.3) is 0 Å². The van der Waals surface area contributed by atoms with E-state index in [0.29, 0.717) is 22.0 Å². The van der Waals surface area contributed by atoms with Crippen molar-refractivity contribution >= 4 is 44.8 Å². The number of nitrogens with zero attached hydrogens (tertiary/aromatic N) is 3. The molecule has 0 amide bonds. The van der Waals surface area contributed by atoms with Gasteiger partial charge in [-0.2, -0.15) is 5.10 Å². The molecule has 7 nitrogen and oxygen atoms in total. The first-order valence-electron chi connectivity index (χ1n) is 8.89. The second kappa shape index (κ2) is 9.64. The molecule has 2 N–H and O–H groups in total. The van der Waals surface area contributed by atoms with Gasteiger partial charge in [0.25, 0.3) is 0 Å². The van der Waals surface area contributed by atoms with Gasteiger partial charge in [0.2, 0.25) is 10.0 Å². The molecule has 0 aliphatic heterocycles. The molecule has 1 aromatic heterocycles. The van der Waals surface area contributed by atoms with Crippen LogP contribution in [-0.4, -0.2) is 40.6 Å². The lowest BCUT2D eigenvalue weighted by molar-refractivity contribution is 0.0204. The van der Waals surface area contributed by atoms with Crippen molar-refractivity contribution in [2.24, 2.45) is 0 Å². The Labute approximate surface area is 189 Å². The van der Waals surface area contributed by atoms with Gasteiger partial charge in [0.1, 0.15) is 18.3 Å². The van der Waals surface area contributed by atoms with E-state index in [1.807, 2.05) is 0 Å². The van der Waals surface area contributed by atoms with E-state index in [1.165, 1.54) is 23.4 Å². The van der Waals surface area contributed by atoms with Crippen LogP contribution < -0.4 is 4.72 Å². The van der Waals surface area contributed by atoms with Crippen LogP contribution in [0.5, 0.6) is 0 Å². The van der Waals surface area contributed by atoms with Crippen LogP contribution in [-0.2, 0) is 28.6 Å². The minimum Gasteiger partial charge on any atom is -0.382 e. The molecule has 0 radical (unpaired) electrons. The number of nitrogens with one attached hydrogen (secondary N) is 1. The summed E-state index contributed by atoms with van der Waals surface area (Å²) < 4.78 is 29.0. The second-order valence-corrected chi connectivity index (χ2v) is 9.97. The van der Waals surface area contributed by atoms with E-state index in [0.717, 1.165) is 5.56 Å². The van der Waals surface area contributed by atoms with E-state index in [9.17, 15) is 13.5 Å². The van der Waals surface area contributed by atoms with Crippen LogP contribution in [0.3, 0.4) is 0 Å². The smallest absolute Gasteiger partial charge is 0.212 e. The zero-order valence-corrected chi connectivity index (χ0v) is 18.8. The van der Waals surface area contributed by atoms with E-state index in [1.54, 1.807) is 36.4 Å². The van der Waals surface area contributed by atoms with Crippen molar-refractivity contribution in [3.05, 3.63) is 81.3 Å². The van der Waals surface area contributed by atoms with Gasteiger partial charge < -0.3 is 5.11 Å². The molecule has 160 valence electrons. The molecular weight excluding hydrogens is 471 g/mol. The first-order chi connectivity index (χ1) is 14.2. The average Bonchev–Trinajstić information content (AvgIpc) is 3.19. The first-order valence-corrected chi connectivity index (χ1v) is 11.7. The van der Waals surface area contributed by atoms with Crippen molar-refractivity contribution in [3.63, 3.8) is 0 Å². The van der Waals surface area contributed by atoms with Crippen LogP contribution >= 0.6 is 34.8 Å². The first kappa shape index (κ1) is 23.0. The van der Waals surface area contributed by atoms with Gasteiger partial charge >= 0.3 is 0 Å². The van der Waals surface area contributed by atoms with Crippen LogP contribution in [0.1, 0.15) is 11.1 Å². The topological polar surface area (TPSA) is 97.1 Å². The zero-order chi connectivity index (χ0) is 21.8. The third-order valence-electron chi connectivity index (χ3n) is 4.48. The van der Waals surface area contributed by atoms with Gasteiger partial charge in [-0.15, -0.1) is 0 Å². The SMILES string of the molecule is O=S(=O)(CCc1ccc(Cl)cc1)NCC(O)(Cn1cncn1)c1ccc(Cl)cc1Cl. The highest BCUT2D eigenvalue weighted by molar-refractivity contribution is 7.89. The number of halogens is 3. The van der Waals surface area contributed by atoms with Crippen LogP contribution in [0.2, 0.25) is 15.1 Å². The molecule has 3 rings (SSSR count). The Morgan fingerprint density at radius 1 is 1.07 bits per heavy atom. The van der Waals surface area contributed by atoms with E-state index in [2.05, 4.69) is 14.8 Å². The highest BCUT2D eigenvalue weighted by atomic mass is 35.5. The van der Waals surface area contributed by atoms with Gasteiger partial charge in [-0.05, 0) is 36.2 Å². The molecule has 1 atom stereocenters. The molecule has 0 fully saturated rings. The fourth-order valence-electron chi connectivity index (χ4n) is 2.89. The summed E-state index contributed by atoms with van der Waals surface area (Å²) >= 11 is 18.1. The van der Waals surface area contributed by atoms with Crippen molar-refractivity contribution < 1.29 is 13.5 Å².